The molecule has 2 nitrogen and oxygen atoms in total. The Bertz CT molecular complexity index is 2100. The standard InChI is InChI=1S/C38H26N2Se2/c1-23-19-35-29(21-27(23)33-17-9-15-31(39-33)25-11-5-3-6-12-25)37-30-22-28(24(2)20-36(30)42-38(37)41-35)34-18-10-16-32(40-34)26-13-7-4-8-14-26/h3-22H,1-2H3. The van der Waals surface area contributed by atoms with Crippen molar-refractivity contribution in [3.8, 4) is 45.0 Å². The minimum atomic E-state index is 0.367. The van der Waals surface area contributed by atoms with Crippen molar-refractivity contribution in [2.45, 2.75) is 13.8 Å². The molecule has 0 amide bonds. The first-order valence-corrected chi connectivity index (χ1v) is 17.5. The van der Waals surface area contributed by atoms with Crippen LogP contribution in [0.15, 0.2) is 121 Å². The van der Waals surface area contributed by atoms with Gasteiger partial charge in [-0.05, 0) is 0 Å². The van der Waals surface area contributed by atoms with Gasteiger partial charge in [0.2, 0.25) is 0 Å². The summed E-state index contributed by atoms with van der Waals surface area (Å²) in [7, 11) is 0. The fourth-order valence-corrected chi connectivity index (χ4v) is 12.7. The molecule has 42 heavy (non-hydrogen) atoms. The molecule has 200 valence electrons. The minimum absolute atomic E-state index is 0.367. The predicted octanol–water partition coefficient (Wildman–Crippen LogP) is 9.34. The van der Waals surface area contributed by atoms with E-state index in [2.05, 4.69) is 135 Å². The summed E-state index contributed by atoms with van der Waals surface area (Å²) in [6.07, 6.45) is 0. The van der Waals surface area contributed by atoms with E-state index in [4.69, 9.17) is 9.97 Å². The zero-order valence-electron chi connectivity index (χ0n) is 23.3. The second-order valence-electron chi connectivity index (χ2n) is 10.7. The van der Waals surface area contributed by atoms with E-state index < -0.39 is 0 Å². The third-order valence-electron chi connectivity index (χ3n) is 7.99. The van der Waals surface area contributed by atoms with Crippen LogP contribution in [-0.4, -0.2) is 39.0 Å². The second kappa shape index (κ2) is 10.3. The van der Waals surface area contributed by atoms with Crippen molar-refractivity contribution in [1.82, 2.24) is 9.97 Å². The maximum absolute atomic E-state index is 5.11. The first-order chi connectivity index (χ1) is 20.6. The normalized spacial score (nSPS) is 11.6. The number of hydrogen-bond donors (Lipinski definition) is 0. The van der Waals surface area contributed by atoms with Gasteiger partial charge in [-0.15, -0.1) is 0 Å². The quantitative estimate of drug-likeness (QED) is 0.175. The van der Waals surface area contributed by atoms with Crippen LogP contribution < -0.4 is 0 Å². The Hall–Kier alpha value is -4.04. The molecule has 0 saturated heterocycles. The molecular formula is C38H26N2Se2. The van der Waals surface area contributed by atoms with E-state index >= 15 is 0 Å². The van der Waals surface area contributed by atoms with Crippen molar-refractivity contribution in [3.05, 3.63) is 132 Å². The van der Waals surface area contributed by atoms with Crippen LogP contribution in [0.1, 0.15) is 11.1 Å². The molecule has 0 radical (unpaired) electrons. The number of fused-ring (bicyclic) bond motifs is 5. The summed E-state index contributed by atoms with van der Waals surface area (Å²) in [6.45, 7) is 4.47. The molecule has 0 aliphatic carbocycles. The molecule has 0 aliphatic rings. The van der Waals surface area contributed by atoms with E-state index in [1.807, 2.05) is 0 Å². The molecule has 0 spiro atoms. The van der Waals surface area contributed by atoms with Crippen molar-refractivity contribution in [2.75, 3.05) is 0 Å². The van der Waals surface area contributed by atoms with Gasteiger partial charge in [0.05, 0.1) is 0 Å². The molecule has 4 aromatic heterocycles. The van der Waals surface area contributed by atoms with Crippen LogP contribution in [0, 0.1) is 13.8 Å². The summed E-state index contributed by atoms with van der Waals surface area (Å²) in [4.78, 5) is 10.2. The number of rotatable bonds is 4. The SMILES string of the molecule is Cc1cc2[se]c3[se]c4cc(C)c(-c5cccc(-c6ccccc6)n5)cc4c3c2cc1-c1cccc(-c2ccccc2)n1. The zero-order chi connectivity index (χ0) is 28.2. The van der Waals surface area contributed by atoms with E-state index in [9.17, 15) is 0 Å². The Morgan fingerprint density at radius 3 is 1.33 bits per heavy atom. The summed E-state index contributed by atoms with van der Waals surface area (Å²) >= 11 is 0.734. The summed E-state index contributed by atoms with van der Waals surface area (Å²) < 4.78 is 4.67. The predicted molar refractivity (Wildman–Crippen MR) is 180 cm³/mol. The summed E-state index contributed by atoms with van der Waals surface area (Å²) in [6, 6.07) is 43.4. The molecule has 0 unspecified atom stereocenters. The number of aromatic nitrogens is 2. The fourth-order valence-electron chi connectivity index (χ4n) is 5.87. The molecule has 0 bridgehead atoms. The van der Waals surface area contributed by atoms with Crippen LogP contribution in [0.5, 0.6) is 0 Å². The van der Waals surface area contributed by atoms with Gasteiger partial charge >= 0.3 is 258 Å². The van der Waals surface area contributed by atoms with Crippen LogP contribution in [0.3, 0.4) is 0 Å². The third kappa shape index (κ3) is 4.40. The molecule has 8 rings (SSSR count). The van der Waals surface area contributed by atoms with E-state index in [0.717, 1.165) is 33.9 Å². The molecule has 4 heteroatoms. The van der Waals surface area contributed by atoms with Crippen LogP contribution in [-0.2, 0) is 0 Å². The van der Waals surface area contributed by atoms with Gasteiger partial charge in [-0.25, -0.2) is 0 Å². The van der Waals surface area contributed by atoms with Crippen molar-refractivity contribution in [2.24, 2.45) is 0 Å². The Morgan fingerprint density at radius 1 is 0.452 bits per heavy atom. The first-order valence-electron chi connectivity index (χ1n) is 14.1. The molecular weight excluding hydrogens is 642 g/mol. The van der Waals surface area contributed by atoms with E-state index in [0.29, 0.717) is 29.0 Å². The maximum atomic E-state index is 5.11. The van der Waals surface area contributed by atoms with Gasteiger partial charge in [-0.3, -0.25) is 0 Å². The first kappa shape index (κ1) is 25.7. The Morgan fingerprint density at radius 2 is 0.881 bits per heavy atom. The van der Waals surface area contributed by atoms with Crippen LogP contribution in [0.25, 0.3) is 72.8 Å². The van der Waals surface area contributed by atoms with Crippen molar-refractivity contribution < 1.29 is 0 Å². The van der Waals surface area contributed by atoms with Gasteiger partial charge in [0, 0.05) is 0 Å². The molecule has 4 heterocycles. The summed E-state index contributed by atoms with van der Waals surface area (Å²) in [5.41, 5.74) is 11.4. The van der Waals surface area contributed by atoms with Crippen LogP contribution in [0.2, 0.25) is 0 Å². The fraction of sp³-hybridized carbons (Fsp3) is 0.0526. The number of aryl methyl sites for hydroxylation is 2. The second-order valence-corrected chi connectivity index (χ2v) is 16.5. The van der Waals surface area contributed by atoms with Crippen molar-refractivity contribution >= 4 is 56.8 Å². The van der Waals surface area contributed by atoms with Crippen LogP contribution >= 0.6 is 0 Å². The van der Waals surface area contributed by atoms with E-state index in [1.54, 1.807) is 3.13 Å². The van der Waals surface area contributed by atoms with Gasteiger partial charge in [-0.1, -0.05) is 0 Å². The van der Waals surface area contributed by atoms with Crippen molar-refractivity contribution in [3.63, 3.8) is 0 Å². The van der Waals surface area contributed by atoms with Gasteiger partial charge in [0.15, 0.2) is 0 Å². The third-order valence-corrected chi connectivity index (χ3v) is 13.8. The Labute approximate surface area is 256 Å². The van der Waals surface area contributed by atoms with Gasteiger partial charge in [0.25, 0.3) is 0 Å². The summed E-state index contributed by atoms with van der Waals surface area (Å²) in [5, 5.41) is 4.28. The van der Waals surface area contributed by atoms with Gasteiger partial charge < -0.3 is 0 Å². The number of nitrogens with zero attached hydrogens (tertiary/aromatic N) is 2. The molecule has 4 aromatic carbocycles. The number of benzene rings is 4. The van der Waals surface area contributed by atoms with Crippen LogP contribution in [0.4, 0.5) is 0 Å². The number of hydrogen-bond acceptors (Lipinski definition) is 2. The van der Waals surface area contributed by atoms with Crippen molar-refractivity contribution in [1.29, 1.82) is 0 Å². The molecule has 0 aliphatic heterocycles. The zero-order valence-corrected chi connectivity index (χ0v) is 26.7. The molecule has 0 fully saturated rings. The monoisotopic (exact) mass is 670 g/mol. The molecule has 0 N–H and O–H groups in total. The average molecular weight is 669 g/mol. The van der Waals surface area contributed by atoms with Gasteiger partial charge in [-0.2, -0.15) is 0 Å². The average Bonchev–Trinajstić information content (AvgIpc) is 3.55. The van der Waals surface area contributed by atoms with E-state index in [1.165, 1.54) is 46.9 Å². The molecule has 8 aromatic rings. The Kier molecular flexibility index (Phi) is 6.32. The summed E-state index contributed by atoms with van der Waals surface area (Å²) in [5.74, 6) is 0. The van der Waals surface area contributed by atoms with E-state index in [-0.39, 0.29) is 0 Å². The Balaban J connectivity index is 1.30. The molecule has 0 saturated carbocycles. The van der Waals surface area contributed by atoms with Gasteiger partial charge in [0.1, 0.15) is 0 Å². The molecule has 0 atom stereocenters. The topological polar surface area (TPSA) is 25.8 Å². The number of pyridine rings is 2.